The Hall–Kier alpha value is -3.59. The first-order chi connectivity index (χ1) is 15.1. The van der Waals surface area contributed by atoms with Crippen LogP contribution in [0.25, 0.3) is 5.78 Å². The quantitative estimate of drug-likeness (QED) is 0.437. The van der Waals surface area contributed by atoms with Gasteiger partial charge in [0.2, 0.25) is 0 Å². The van der Waals surface area contributed by atoms with Crippen LogP contribution in [0.4, 0.5) is 5.69 Å². The Morgan fingerprint density at radius 2 is 1.77 bits per heavy atom. The molecule has 0 saturated heterocycles. The molecule has 0 unspecified atom stereocenters. The van der Waals surface area contributed by atoms with Crippen molar-refractivity contribution in [2.75, 3.05) is 19.5 Å². The van der Waals surface area contributed by atoms with Gasteiger partial charge in [0, 0.05) is 27.9 Å². The van der Waals surface area contributed by atoms with Gasteiger partial charge in [0.05, 0.1) is 14.2 Å². The molecule has 1 N–H and O–H groups in total. The van der Waals surface area contributed by atoms with E-state index in [0.29, 0.717) is 28.5 Å². The SMILES string of the molecule is CCc1cc(Sc2ccc(NC(=O)c3cc(OC)cc(OC)c3)cc2)n2ncnc2n1. The third-order valence-electron chi connectivity index (χ3n) is 4.58. The number of carbonyl (C=O) groups excluding carboxylic acids is 1. The van der Waals surface area contributed by atoms with Crippen molar-refractivity contribution in [2.24, 2.45) is 0 Å². The lowest BCUT2D eigenvalue weighted by Gasteiger charge is -2.10. The summed E-state index contributed by atoms with van der Waals surface area (Å²) in [5.74, 6) is 1.45. The van der Waals surface area contributed by atoms with Crippen LogP contribution in [0.2, 0.25) is 0 Å². The minimum Gasteiger partial charge on any atom is -0.497 e. The molecule has 2 aromatic carbocycles. The van der Waals surface area contributed by atoms with Crippen LogP contribution in [0.3, 0.4) is 0 Å². The fraction of sp³-hybridized carbons (Fsp3) is 0.182. The zero-order valence-corrected chi connectivity index (χ0v) is 18.1. The van der Waals surface area contributed by atoms with Gasteiger partial charge >= 0.3 is 0 Å². The van der Waals surface area contributed by atoms with Gasteiger partial charge in [0.15, 0.2) is 0 Å². The molecular formula is C22H21N5O3S. The van der Waals surface area contributed by atoms with Gasteiger partial charge in [-0.25, -0.2) is 4.98 Å². The van der Waals surface area contributed by atoms with Crippen molar-refractivity contribution in [3.63, 3.8) is 0 Å². The molecule has 0 saturated carbocycles. The highest BCUT2D eigenvalue weighted by Crippen LogP contribution is 2.29. The summed E-state index contributed by atoms with van der Waals surface area (Å²) in [6.45, 7) is 2.05. The average Bonchev–Trinajstić information content (AvgIpc) is 3.28. The molecular weight excluding hydrogens is 414 g/mol. The highest BCUT2D eigenvalue weighted by atomic mass is 32.2. The first kappa shape index (κ1) is 20.7. The zero-order valence-electron chi connectivity index (χ0n) is 17.3. The molecule has 2 aromatic heterocycles. The summed E-state index contributed by atoms with van der Waals surface area (Å²) in [6, 6.07) is 14.7. The molecule has 9 heteroatoms. The van der Waals surface area contributed by atoms with Crippen LogP contribution in [-0.2, 0) is 6.42 Å². The van der Waals surface area contributed by atoms with Crippen LogP contribution < -0.4 is 14.8 Å². The number of aryl methyl sites for hydroxylation is 1. The van der Waals surface area contributed by atoms with Crippen molar-refractivity contribution in [3.05, 3.63) is 66.1 Å². The van der Waals surface area contributed by atoms with Crippen LogP contribution in [0, 0.1) is 0 Å². The summed E-state index contributed by atoms with van der Waals surface area (Å²) in [4.78, 5) is 22.3. The van der Waals surface area contributed by atoms with Crippen molar-refractivity contribution in [1.29, 1.82) is 0 Å². The number of nitrogens with one attached hydrogen (secondary N) is 1. The maximum atomic E-state index is 12.7. The second-order valence-electron chi connectivity index (χ2n) is 6.59. The number of nitrogens with zero attached hydrogens (tertiary/aromatic N) is 4. The Bertz CT molecular complexity index is 1200. The van der Waals surface area contributed by atoms with Gasteiger partial charge in [-0.15, -0.1) is 0 Å². The molecule has 4 rings (SSSR count). The van der Waals surface area contributed by atoms with E-state index in [9.17, 15) is 4.79 Å². The summed E-state index contributed by atoms with van der Waals surface area (Å²) in [5.41, 5.74) is 2.10. The smallest absolute Gasteiger partial charge is 0.255 e. The number of amides is 1. The number of hydrogen-bond donors (Lipinski definition) is 1. The Labute approximate surface area is 183 Å². The van der Waals surface area contributed by atoms with E-state index in [-0.39, 0.29) is 5.91 Å². The minimum atomic E-state index is -0.247. The molecule has 0 fully saturated rings. The third-order valence-corrected chi connectivity index (χ3v) is 5.59. The van der Waals surface area contributed by atoms with Crippen molar-refractivity contribution in [3.8, 4) is 11.5 Å². The molecule has 0 radical (unpaired) electrons. The molecule has 31 heavy (non-hydrogen) atoms. The van der Waals surface area contributed by atoms with E-state index in [1.165, 1.54) is 6.33 Å². The predicted molar refractivity (Wildman–Crippen MR) is 118 cm³/mol. The van der Waals surface area contributed by atoms with Crippen LogP contribution in [0.15, 0.2) is 64.8 Å². The molecule has 2 heterocycles. The number of ether oxygens (including phenoxy) is 2. The zero-order chi connectivity index (χ0) is 21.8. The number of hydrogen-bond acceptors (Lipinski definition) is 7. The van der Waals surface area contributed by atoms with Crippen molar-refractivity contribution in [1.82, 2.24) is 19.6 Å². The molecule has 4 aromatic rings. The molecule has 0 atom stereocenters. The number of anilines is 1. The number of fused-ring (bicyclic) bond motifs is 1. The Morgan fingerprint density at radius 1 is 1.06 bits per heavy atom. The lowest BCUT2D eigenvalue weighted by Crippen LogP contribution is -2.12. The molecule has 0 aliphatic carbocycles. The van der Waals surface area contributed by atoms with Gasteiger partial charge in [-0.3, -0.25) is 4.79 Å². The average molecular weight is 436 g/mol. The maximum Gasteiger partial charge on any atom is 0.255 e. The summed E-state index contributed by atoms with van der Waals surface area (Å²) < 4.78 is 12.2. The standard InChI is InChI=1S/C22H21N5O3S/c1-4-15-11-20(27-22(26-15)23-13-24-27)31-19-7-5-16(6-8-19)25-21(28)14-9-17(29-2)12-18(10-14)30-3/h5-13H,4H2,1-3H3,(H,25,28). The van der Waals surface area contributed by atoms with Crippen LogP contribution >= 0.6 is 11.8 Å². The van der Waals surface area contributed by atoms with E-state index >= 15 is 0 Å². The highest BCUT2D eigenvalue weighted by molar-refractivity contribution is 7.99. The van der Waals surface area contributed by atoms with Gasteiger partial charge in [-0.05, 0) is 48.9 Å². The summed E-state index contributed by atoms with van der Waals surface area (Å²) >= 11 is 1.56. The van der Waals surface area contributed by atoms with Crippen LogP contribution in [-0.4, -0.2) is 39.7 Å². The number of methoxy groups -OCH3 is 2. The largest absolute Gasteiger partial charge is 0.497 e. The first-order valence-electron chi connectivity index (χ1n) is 9.61. The predicted octanol–water partition coefficient (Wildman–Crippen LogP) is 4.11. The normalized spacial score (nSPS) is 10.8. The lowest BCUT2D eigenvalue weighted by atomic mass is 10.2. The highest BCUT2D eigenvalue weighted by Gasteiger charge is 2.12. The Morgan fingerprint density at radius 3 is 2.42 bits per heavy atom. The number of benzene rings is 2. The first-order valence-corrected chi connectivity index (χ1v) is 10.4. The Balaban J connectivity index is 1.50. The number of aromatic nitrogens is 4. The maximum absolute atomic E-state index is 12.7. The topological polar surface area (TPSA) is 90.6 Å². The molecule has 8 nitrogen and oxygen atoms in total. The summed E-state index contributed by atoms with van der Waals surface area (Å²) in [5, 5.41) is 8.08. The molecule has 0 spiro atoms. The van der Waals surface area contributed by atoms with Crippen molar-refractivity contribution < 1.29 is 14.3 Å². The van der Waals surface area contributed by atoms with Gasteiger partial charge in [-0.2, -0.15) is 14.6 Å². The fourth-order valence-corrected chi connectivity index (χ4v) is 3.88. The third kappa shape index (κ3) is 4.61. The van der Waals surface area contributed by atoms with E-state index in [4.69, 9.17) is 9.47 Å². The summed E-state index contributed by atoms with van der Waals surface area (Å²) in [6.07, 6.45) is 2.31. The number of carbonyl (C=O) groups is 1. The monoisotopic (exact) mass is 435 g/mol. The van der Waals surface area contributed by atoms with Crippen LogP contribution in [0.1, 0.15) is 23.0 Å². The lowest BCUT2D eigenvalue weighted by molar-refractivity contribution is 0.102. The van der Waals surface area contributed by atoms with Crippen LogP contribution in [0.5, 0.6) is 11.5 Å². The van der Waals surface area contributed by atoms with Gasteiger partial charge in [-0.1, -0.05) is 18.7 Å². The second-order valence-corrected chi connectivity index (χ2v) is 7.69. The van der Waals surface area contributed by atoms with E-state index in [1.54, 1.807) is 48.7 Å². The van der Waals surface area contributed by atoms with E-state index < -0.39 is 0 Å². The molecule has 1 amide bonds. The fourth-order valence-electron chi connectivity index (χ4n) is 2.95. The minimum absolute atomic E-state index is 0.247. The molecule has 0 aliphatic rings. The van der Waals surface area contributed by atoms with Gasteiger partial charge in [0.25, 0.3) is 11.7 Å². The van der Waals surface area contributed by atoms with E-state index in [1.807, 2.05) is 30.3 Å². The Kier molecular flexibility index (Phi) is 6.03. The second kappa shape index (κ2) is 9.05. The van der Waals surface area contributed by atoms with Crippen molar-refractivity contribution in [2.45, 2.75) is 23.3 Å². The molecule has 158 valence electrons. The molecule has 0 aliphatic heterocycles. The molecule has 0 bridgehead atoms. The van der Waals surface area contributed by atoms with Gasteiger partial charge < -0.3 is 14.8 Å². The van der Waals surface area contributed by atoms with E-state index in [0.717, 1.165) is 22.0 Å². The van der Waals surface area contributed by atoms with E-state index in [2.05, 4.69) is 27.3 Å². The van der Waals surface area contributed by atoms with Gasteiger partial charge in [0.1, 0.15) is 22.9 Å². The van der Waals surface area contributed by atoms with Crippen molar-refractivity contribution >= 4 is 29.1 Å². The summed E-state index contributed by atoms with van der Waals surface area (Å²) in [7, 11) is 3.10. The number of rotatable bonds is 7.